The third kappa shape index (κ3) is 4.46. The van der Waals surface area contributed by atoms with Crippen LogP contribution in [0.3, 0.4) is 0 Å². The van der Waals surface area contributed by atoms with E-state index in [0.29, 0.717) is 24.4 Å². The van der Waals surface area contributed by atoms with Gasteiger partial charge < -0.3 is 15.0 Å². The summed E-state index contributed by atoms with van der Waals surface area (Å²) in [6.07, 6.45) is 4.64. The van der Waals surface area contributed by atoms with Crippen molar-refractivity contribution in [3.8, 4) is 0 Å². The van der Waals surface area contributed by atoms with Gasteiger partial charge in [0.2, 0.25) is 5.91 Å². The second-order valence-electron chi connectivity index (χ2n) is 6.21. The summed E-state index contributed by atoms with van der Waals surface area (Å²) in [6, 6.07) is 0.412. The van der Waals surface area contributed by atoms with Gasteiger partial charge in [-0.3, -0.25) is 4.79 Å². The van der Waals surface area contributed by atoms with E-state index in [-0.39, 0.29) is 5.91 Å². The van der Waals surface area contributed by atoms with E-state index in [9.17, 15) is 4.79 Å². The lowest BCUT2D eigenvalue weighted by Crippen LogP contribution is -2.46. The molecule has 0 bridgehead atoms. The van der Waals surface area contributed by atoms with Crippen molar-refractivity contribution in [1.82, 2.24) is 10.2 Å². The summed E-state index contributed by atoms with van der Waals surface area (Å²) in [6.45, 7) is 8.54. The summed E-state index contributed by atoms with van der Waals surface area (Å²) in [5, 5.41) is 3.42. The van der Waals surface area contributed by atoms with Gasteiger partial charge in [0.05, 0.1) is 6.54 Å². The van der Waals surface area contributed by atoms with Crippen molar-refractivity contribution >= 4 is 5.91 Å². The van der Waals surface area contributed by atoms with Crippen molar-refractivity contribution < 1.29 is 9.53 Å². The molecule has 2 atom stereocenters. The molecule has 1 amide bonds. The highest BCUT2D eigenvalue weighted by atomic mass is 16.5. The standard InChI is InChI=1S/C15H28N2O2/c1-12-4-3-7-17(11-12)15(18)10-16-13(2)14-5-8-19-9-6-14/h12-14,16H,3-11H2,1-2H3/t12-,13+/m1/s1. The van der Waals surface area contributed by atoms with Crippen LogP contribution in [0.4, 0.5) is 0 Å². The van der Waals surface area contributed by atoms with Crippen molar-refractivity contribution in [2.45, 2.75) is 45.6 Å². The van der Waals surface area contributed by atoms with E-state index >= 15 is 0 Å². The van der Waals surface area contributed by atoms with Gasteiger partial charge in [-0.15, -0.1) is 0 Å². The second kappa shape index (κ2) is 7.25. The number of nitrogens with zero attached hydrogens (tertiary/aromatic N) is 1. The number of carbonyl (C=O) groups excluding carboxylic acids is 1. The Hall–Kier alpha value is -0.610. The van der Waals surface area contributed by atoms with Gasteiger partial charge in [0.25, 0.3) is 0 Å². The number of likely N-dealkylation sites (tertiary alicyclic amines) is 1. The molecule has 2 rings (SSSR count). The summed E-state index contributed by atoms with van der Waals surface area (Å²) >= 11 is 0. The minimum Gasteiger partial charge on any atom is -0.381 e. The van der Waals surface area contributed by atoms with E-state index in [4.69, 9.17) is 4.74 Å². The number of rotatable bonds is 4. The molecule has 2 aliphatic heterocycles. The third-order valence-corrected chi connectivity index (χ3v) is 4.56. The summed E-state index contributed by atoms with van der Waals surface area (Å²) < 4.78 is 5.38. The lowest BCUT2D eigenvalue weighted by Gasteiger charge is -2.32. The molecule has 4 heteroatoms. The minimum absolute atomic E-state index is 0.269. The van der Waals surface area contributed by atoms with E-state index in [1.165, 1.54) is 6.42 Å². The van der Waals surface area contributed by atoms with Crippen LogP contribution in [-0.2, 0) is 9.53 Å². The zero-order valence-electron chi connectivity index (χ0n) is 12.4. The van der Waals surface area contributed by atoms with E-state index in [1.54, 1.807) is 0 Å². The highest BCUT2D eigenvalue weighted by Gasteiger charge is 2.23. The Kier molecular flexibility index (Phi) is 5.64. The van der Waals surface area contributed by atoms with Crippen molar-refractivity contribution in [3.63, 3.8) is 0 Å². The van der Waals surface area contributed by atoms with Crippen LogP contribution in [0.15, 0.2) is 0 Å². The van der Waals surface area contributed by atoms with Crippen LogP contribution in [0.25, 0.3) is 0 Å². The van der Waals surface area contributed by atoms with Crippen LogP contribution in [0.1, 0.15) is 39.5 Å². The Morgan fingerprint density at radius 1 is 1.37 bits per heavy atom. The van der Waals surface area contributed by atoms with E-state index in [0.717, 1.165) is 45.6 Å². The van der Waals surface area contributed by atoms with Crippen LogP contribution < -0.4 is 5.32 Å². The van der Waals surface area contributed by atoms with Crippen LogP contribution >= 0.6 is 0 Å². The lowest BCUT2D eigenvalue weighted by molar-refractivity contribution is -0.132. The molecular formula is C15H28N2O2. The Morgan fingerprint density at radius 3 is 2.79 bits per heavy atom. The molecule has 2 aliphatic rings. The Morgan fingerprint density at radius 2 is 2.11 bits per heavy atom. The lowest BCUT2D eigenvalue weighted by atomic mass is 9.93. The van der Waals surface area contributed by atoms with Crippen molar-refractivity contribution in [3.05, 3.63) is 0 Å². The molecule has 0 spiro atoms. The third-order valence-electron chi connectivity index (χ3n) is 4.56. The topological polar surface area (TPSA) is 41.6 Å². The first kappa shape index (κ1) is 14.8. The van der Waals surface area contributed by atoms with Crippen molar-refractivity contribution in [2.24, 2.45) is 11.8 Å². The number of hydrogen-bond donors (Lipinski definition) is 1. The zero-order chi connectivity index (χ0) is 13.7. The van der Waals surface area contributed by atoms with Gasteiger partial charge in [0.1, 0.15) is 0 Å². The molecule has 0 aromatic carbocycles. The Balaban J connectivity index is 1.70. The van der Waals surface area contributed by atoms with Gasteiger partial charge in [0.15, 0.2) is 0 Å². The fourth-order valence-electron chi connectivity index (χ4n) is 3.16. The van der Waals surface area contributed by atoms with E-state index in [2.05, 4.69) is 19.2 Å². The average molecular weight is 268 g/mol. The summed E-state index contributed by atoms with van der Waals surface area (Å²) in [4.78, 5) is 14.2. The first-order chi connectivity index (χ1) is 9.16. The molecule has 0 aromatic heterocycles. The molecule has 110 valence electrons. The molecule has 4 nitrogen and oxygen atoms in total. The predicted octanol–water partition coefficient (Wildman–Crippen LogP) is 1.65. The molecule has 0 saturated carbocycles. The molecule has 1 N–H and O–H groups in total. The zero-order valence-corrected chi connectivity index (χ0v) is 12.4. The highest BCUT2D eigenvalue weighted by Crippen LogP contribution is 2.19. The molecule has 0 aliphatic carbocycles. The molecule has 0 aromatic rings. The SMILES string of the molecule is C[C@@H]1CCCN(C(=O)CN[C@@H](C)C2CCOCC2)C1. The Labute approximate surface area is 116 Å². The maximum atomic E-state index is 12.2. The fraction of sp³-hybridized carbons (Fsp3) is 0.933. The van der Waals surface area contributed by atoms with Crippen LogP contribution in [-0.4, -0.2) is 49.7 Å². The largest absolute Gasteiger partial charge is 0.381 e. The summed E-state index contributed by atoms with van der Waals surface area (Å²) in [7, 11) is 0. The number of carbonyl (C=O) groups is 1. The van der Waals surface area contributed by atoms with Gasteiger partial charge in [-0.2, -0.15) is 0 Å². The second-order valence-corrected chi connectivity index (χ2v) is 6.21. The molecule has 0 unspecified atom stereocenters. The number of ether oxygens (including phenoxy) is 1. The van der Waals surface area contributed by atoms with Gasteiger partial charge in [-0.1, -0.05) is 6.92 Å². The molecule has 2 saturated heterocycles. The van der Waals surface area contributed by atoms with Gasteiger partial charge in [0, 0.05) is 32.3 Å². The average Bonchev–Trinajstić information content (AvgIpc) is 2.45. The van der Waals surface area contributed by atoms with Gasteiger partial charge in [-0.05, 0) is 44.4 Å². The quantitative estimate of drug-likeness (QED) is 0.843. The summed E-state index contributed by atoms with van der Waals surface area (Å²) in [5.41, 5.74) is 0. The molecule has 0 radical (unpaired) electrons. The molecule has 19 heavy (non-hydrogen) atoms. The monoisotopic (exact) mass is 268 g/mol. The van der Waals surface area contributed by atoms with Gasteiger partial charge >= 0.3 is 0 Å². The highest BCUT2D eigenvalue weighted by molar-refractivity contribution is 5.78. The predicted molar refractivity (Wildman–Crippen MR) is 76.0 cm³/mol. The summed E-state index contributed by atoms with van der Waals surface area (Å²) in [5.74, 6) is 1.58. The maximum absolute atomic E-state index is 12.2. The van der Waals surface area contributed by atoms with Crippen LogP contribution in [0.2, 0.25) is 0 Å². The van der Waals surface area contributed by atoms with E-state index in [1.807, 2.05) is 4.90 Å². The first-order valence-electron chi connectivity index (χ1n) is 7.75. The first-order valence-corrected chi connectivity index (χ1v) is 7.75. The van der Waals surface area contributed by atoms with Gasteiger partial charge in [-0.25, -0.2) is 0 Å². The van der Waals surface area contributed by atoms with Crippen molar-refractivity contribution in [1.29, 1.82) is 0 Å². The van der Waals surface area contributed by atoms with Crippen LogP contribution in [0, 0.1) is 11.8 Å². The number of piperidine rings is 1. The molecule has 2 fully saturated rings. The number of hydrogen-bond acceptors (Lipinski definition) is 3. The minimum atomic E-state index is 0.269. The number of amides is 1. The van der Waals surface area contributed by atoms with Crippen LogP contribution in [0.5, 0.6) is 0 Å². The number of nitrogens with one attached hydrogen (secondary N) is 1. The van der Waals surface area contributed by atoms with E-state index < -0.39 is 0 Å². The van der Waals surface area contributed by atoms with Crippen molar-refractivity contribution in [2.75, 3.05) is 32.8 Å². The molecule has 2 heterocycles. The maximum Gasteiger partial charge on any atom is 0.236 e. The molecular weight excluding hydrogens is 240 g/mol. The fourth-order valence-corrected chi connectivity index (χ4v) is 3.16. The normalized spacial score (nSPS) is 27.3. The Bertz CT molecular complexity index is 290. The smallest absolute Gasteiger partial charge is 0.236 e.